The van der Waals surface area contributed by atoms with Crippen LogP contribution in [0.1, 0.15) is 70.6 Å². The standard InChI is InChI=1S/C16H29N3/c1-12(2)15-13(11-19(5)18-15)10-17-14-8-6-7-9-16(14,3)4/h11-12,14,17H,6-10H2,1-5H3. The lowest BCUT2D eigenvalue weighted by molar-refractivity contribution is 0.166. The average molecular weight is 263 g/mol. The Morgan fingerprint density at radius 1 is 1.42 bits per heavy atom. The Morgan fingerprint density at radius 3 is 2.79 bits per heavy atom. The summed E-state index contributed by atoms with van der Waals surface area (Å²) in [4.78, 5) is 0. The minimum atomic E-state index is 0.429. The molecule has 0 radical (unpaired) electrons. The Hall–Kier alpha value is -0.830. The number of nitrogens with zero attached hydrogens (tertiary/aromatic N) is 2. The van der Waals surface area contributed by atoms with Gasteiger partial charge in [-0.15, -0.1) is 0 Å². The molecule has 1 aliphatic rings. The second kappa shape index (κ2) is 5.66. The number of hydrogen-bond donors (Lipinski definition) is 1. The number of rotatable bonds is 4. The normalized spacial score (nSPS) is 22.9. The Kier molecular flexibility index (Phi) is 4.34. The molecule has 1 heterocycles. The van der Waals surface area contributed by atoms with E-state index in [1.165, 1.54) is 36.9 Å². The van der Waals surface area contributed by atoms with Gasteiger partial charge in [-0.1, -0.05) is 40.5 Å². The summed E-state index contributed by atoms with van der Waals surface area (Å²) in [7, 11) is 2.01. The van der Waals surface area contributed by atoms with E-state index < -0.39 is 0 Å². The Labute approximate surface area is 117 Å². The van der Waals surface area contributed by atoms with Crippen LogP contribution in [0.2, 0.25) is 0 Å². The molecule has 19 heavy (non-hydrogen) atoms. The highest BCUT2D eigenvalue weighted by atomic mass is 15.3. The quantitative estimate of drug-likeness (QED) is 0.899. The third-order valence-electron chi connectivity index (χ3n) is 4.53. The van der Waals surface area contributed by atoms with Crippen molar-refractivity contribution in [1.82, 2.24) is 15.1 Å². The number of aryl methyl sites for hydroxylation is 1. The summed E-state index contributed by atoms with van der Waals surface area (Å²) in [5.41, 5.74) is 3.03. The van der Waals surface area contributed by atoms with Crippen molar-refractivity contribution < 1.29 is 0 Å². The maximum atomic E-state index is 4.59. The van der Waals surface area contributed by atoms with Gasteiger partial charge in [-0.3, -0.25) is 4.68 Å². The van der Waals surface area contributed by atoms with Gasteiger partial charge in [0, 0.05) is 31.4 Å². The summed E-state index contributed by atoms with van der Waals surface area (Å²) in [6, 6.07) is 0.640. The van der Waals surface area contributed by atoms with E-state index in [9.17, 15) is 0 Å². The molecule has 1 atom stereocenters. The van der Waals surface area contributed by atoms with Gasteiger partial charge in [-0.05, 0) is 24.2 Å². The van der Waals surface area contributed by atoms with E-state index in [0.29, 0.717) is 17.4 Å². The summed E-state index contributed by atoms with van der Waals surface area (Å²) in [5, 5.41) is 8.37. The molecule has 1 aromatic rings. The van der Waals surface area contributed by atoms with Crippen molar-refractivity contribution in [2.75, 3.05) is 0 Å². The average Bonchev–Trinajstić information content (AvgIpc) is 2.69. The van der Waals surface area contributed by atoms with Crippen LogP contribution in [0.3, 0.4) is 0 Å². The van der Waals surface area contributed by atoms with Crippen LogP contribution in [0.4, 0.5) is 0 Å². The maximum absolute atomic E-state index is 4.59. The van der Waals surface area contributed by atoms with Gasteiger partial charge in [-0.25, -0.2) is 0 Å². The van der Waals surface area contributed by atoms with Crippen LogP contribution in [-0.2, 0) is 13.6 Å². The van der Waals surface area contributed by atoms with Gasteiger partial charge in [0.25, 0.3) is 0 Å². The van der Waals surface area contributed by atoms with Gasteiger partial charge in [-0.2, -0.15) is 5.10 Å². The van der Waals surface area contributed by atoms with E-state index in [1.54, 1.807) is 0 Å². The van der Waals surface area contributed by atoms with Crippen molar-refractivity contribution in [3.05, 3.63) is 17.5 Å². The van der Waals surface area contributed by atoms with E-state index in [1.807, 2.05) is 11.7 Å². The van der Waals surface area contributed by atoms with E-state index in [-0.39, 0.29) is 0 Å². The minimum Gasteiger partial charge on any atom is -0.309 e. The SMILES string of the molecule is CC(C)c1nn(C)cc1CNC1CCCCC1(C)C. The molecule has 0 spiro atoms. The van der Waals surface area contributed by atoms with Gasteiger partial charge >= 0.3 is 0 Å². The third-order valence-corrected chi connectivity index (χ3v) is 4.53. The lowest BCUT2D eigenvalue weighted by Crippen LogP contribution is -2.43. The van der Waals surface area contributed by atoms with E-state index >= 15 is 0 Å². The number of nitrogens with one attached hydrogen (secondary N) is 1. The van der Waals surface area contributed by atoms with Crippen molar-refractivity contribution in [3.8, 4) is 0 Å². The Balaban J connectivity index is 2.02. The fourth-order valence-corrected chi connectivity index (χ4v) is 3.28. The first-order valence-electron chi connectivity index (χ1n) is 7.66. The molecule has 0 saturated heterocycles. The highest BCUT2D eigenvalue weighted by molar-refractivity contribution is 5.20. The lowest BCUT2D eigenvalue weighted by Gasteiger charge is -2.39. The van der Waals surface area contributed by atoms with Crippen LogP contribution in [0.5, 0.6) is 0 Å². The molecule has 0 aliphatic heterocycles. The smallest absolute Gasteiger partial charge is 0.0694 e. The summed E-state index contributed by atoms with van der Waals surface area (Å²) in [6.07, 6.45) is 7.57. The number of hydrogen-bond acceptors (Lipinski definition) is 2. The Bertz CT molecular complexity index is 418. The lowest BCUT2D eigenvalue weighted by atomic mass is 9.73. The third kappa shape index (κ3) is 3.38. The van der Waals surface area contributed by atoms with Gasteiger partial charge < -0.3 is 5.32 Å². The van der Waals surface area contributed by atoms with E-state index in [4.69, 9.17) is 0 Å². The second-order valence-corrected chi connectivity index (χ2v) is 7.04. The highest BCUT2D eigenvalue weighted by Gasteiger charge is 2.31. The predicted molar refractivity (Wildman–Crippen MR) is 80.2 cm³/mol. The molecular formula is C16H29N3. The molecule has 1 aromatic heterocycles. The summed E-state index contributed by atoms with van der Waals surface area (Å²) in [5.74, 6) is 0.498. The molecule has 2 rings (SSSR count). The fourth-order valence-electron chi connectivity index (χ4n) is 3.28. The van der Waals surface area contributed by atoms with Crippen molar-refractivity contribution in [2.45, 2.75) is 71.9 Å². The second-order valence-electron chi connectivity index (χ2n) is 7.04. The minimum absolute atomic E-state index is 0.429. The summed E-state index contributed by atoms with van der Waals surface area (Å²) in [6.45, 7) is 10.2. The van der Waals surface area contributed by atoms with Gasteiger partial charge in [0.15, 0.2) is 0 Å². The van der Waals surface area contributed by atoms with Gasteiger partial charge in [0.2, 0.25) is 0 Å². The van der Waals surface area contributed by atoms with Gasteiger partial charge in [0.1, 0.15) is 0 Å². The van der Waals surface area contributed by atoms with Crippen molar-refractivity contribution in [3.63, 3.8) is 0 Å². The highest BCUT2D eigenvalue weighted by Crippen LogP contribution is 2.35. The predicted octanol–water partition coefficient (Wildman–Crippen LogP) is 3.60. The first-order chi connectivity index (χ1) is 8.90. The molecule has 0 amide bonds. The Morgan fingerprint density at radius 2 is 2.16 bits per heavy atom. The first kappa shape index (κ1) is 14.6. The maximum Gasteiger partial charge on any atom is 0.0694 e. The van der Waals surface area contributed by atoms with Crippen LogP contribution in [0.15, 0.2) is 6.20 Å². The molecule has 3 heteroatoms. The molecular weight excluding hydrogens is 234 g/mol. The molecule has 1 fully saturated rings. The zero-order valence-corrected chi connectivity index (χ0v) is 13.2. The number of aromatic nitrogens is 2. The monoisotopic (exact) mass is 263 g/mol. The van der Waals surface area contributed by atoms with Crippen LogP contribution >= 0.6 is 0 Å². The topological polar surface area (TPSA) is 29.9 Å². The van der Waals surface area contributed by atoms with Crippen LogP contribution in [-0.4, -0.2) is 15.8 Å². The molecule has 1 unspecified atom stereocenters. The first-order valence-corrected chi connectivity index (χ1v) is 7.66. The zero-order valence-electron chi connectivity index (χ0n) is 13.2. The summed E-state index contributed by atoms with van der Waals surface area (Å²) >= 11 is 0. The molecule has 1 N–H and O–H groups in total. The largest absolute Gasteiger partial charge is 0.309 e. The molecule has 3 nitrogen and oxygen atoms in total. The van der Waals surface area contributed by atoms with Crippen LogP contribution in [0.25, 0.3) is 0 Å². The molecule has 0 bridgehead atoms. The zero-order chi connectivity index (χ0) is 14.0. The van der Waals surface area contributed by atoms with Crippen LogP contribution in [0, 0.1) is 5.41 Å². The molecule has 1 saturated carbocycles. The van der Waals surface area contributed by atoms with Crippen molar-refractivity contribution in [2.24, 2.45) is 12.5 Å². The van der Waals surface area contributed by atoms with E-state index in [2.05, 4.69) is 44.3 Å². The molecule has 108 valence electrons. The van der Waals surface area contributed by atoms with Crippen LogP contribution < -0.4 is 5.32 Å². The summed E-state index contributed by atoms with van der Waals surface area (Å²) < 4.78 is 1.94. The van der Waals surface area contributed by atoms with Crippen molar-refractivity contribution in [1.29, 1.82) is 0 Å². The van der Waals surface area contributed by atoms with Crippen molar-refractivity contribution >= 4 is 0 Å². The van der Waals surface area contributed by atoms with E-state index in [0.717, 1.165) is 6.54 Å². The molecule has 0 aromatic carbocycles. The molecule has 1 aliphatic carbocycles. The fraction of sp³-hybridized carbons (Fsp3) is 0.812. The van der Waals surface area contributed by atoms with Gasteiger partial charge in [0.05, 0.1) is 5.69 Å².